The number of ether oxygens (including phenoxy) is 1. The first-order chi connectivity index (χ1) is 7.18. The third-order valence-electron chi connectivity index (χ3n) is 2.62. The van der Waals surface area contributed by atoms with Crippen LogP contribution in [-0.2, 0) is 9.53 Å². The van der Waals surface area contributed by atoms with Gasteiger partial charge in [-0.1, -0.05) is 24.5 Å². The highest BCUT2D eigenvalue weighted by molar-refractivity contribution is 5.82. The molecule has 0 bridgehead atoms. The largest absolute Gasteiger partial charge is 0.458 e. The molecule has 0 amide bonds. The second-order valence-corrected chi connectivity index (χ2v) is 4.32. The van der Waals surface area contributed by atoms with Crippen LogP contribution < -0.4 is 0 Å². The summed E-state index contributed by atoms with van der Waals surface area (Å²) in [6.45, 7) is 4.36. The Kier molecular flexibility index (Phi) is 5.16. The third-order valence-corrected chi connectivity index (χ3v) is 2.62. The topological polar surface area (TPSA) is 26.3 Å². The summed E-state index contributed by atoms with van der Waals surface area (Å²) in [5.74, 6) is 0.375. The smallest absolute Gasteiger partial charge is 0.330 e. The summed E-state index contributed by atoms with van der Waals surface area (Å²) in [6, 6.07) is 0. The molecule has 0 atom stereocenters. The highest BCUT2D eigenvalue weighted by Crippen LogP contribution is 2.25. The minimum absolute atomic E-state index is 0.223. The molecule has 1 fully saturated rings. The van der Waals surface area contributed by atoms with E-state index in [0.29, 0.717) is 12.5 Å². The van der Waals surface area contributed by atoms with Gasteiger partial charge in [-0.15, -0.1) is 0 Å². The summed E-state index contributed by atoms with van der Waals surface area (Å²) in [4.78, 5) is 11.2. The molecule has 1 saturated carbocycles. The maximum atomic E-state index is 11.2. The van der Waals surface area contributed by atoms with E-state index in [2.05, 4.69) is 0 Å². The highest BCUT2D eigenvalue weighted by Gasteiger charge is 2.11. The molecule has 0 aromatic heterocycles. The lowest BCUT2D eigenvalue weighted by Crippen LogP contribution is -2.01. The van der Waals surface area contributed by atoms with Gasteiger partial charge in [-0.05, 0) is 38.7 Å². The lowest BCUT2D eigenvalue weighted by atomic mass is 10.1. The Bertz CT molecular complexity index is 254. The molecular formula is C13H20O2. The van der Waals surface area contributed by atoms with Gasteiger partial charge in [0.05, 0.1) is 0 Å². The summed E-state index contributed by atoms with van der Waals surface area (Å²) in [5, 5.41) is 0. The maximum absolute atomic E-state index is 11.2. The molecule has 0 N–H and O–H groups in total. The van der Waals surface area contributed by atoms with Crippen LogP contribution in [0.3, 0.4) is 0 Å². The van der Waals surface area contributed by atoms with Crippen molar-refractivity contribution in [2.45, 2.75) is 39.5 Å². The number of allylic oxidation sites excluding steroid dienone is 2. The maximum Gasteiger partial charge on any atom is 0.330 e. The number of rotatable bonds is 4. The van der Waals surface area contributed by atoms with Gasteiger partial charge in [0.15, 0.2) is 0 Å². The summed E-state index contributed by atoms with van der Waals surface area (Å²) in [7, 11) is 0. The van der Waals surface area contributed by atoms with Gasteiger partial charge in [0.1, 0.15) is 6.61 Å². The number of hydrogen-bond acceptors (Lipinski definition) is 2. The van der Waals surface area contributed by atoms with Gasteiger partial charge >= 0.3 is 5.97 Å². The van der Waals surface area contributed by atoms with Crippen molar-refractivity contribution >= 4 is 5.97 Å². The summed E-state index contributed by atoms with van der Waals surface area (Å²) < 4.78 is 5.01. The first kappa shape index (κ1) is 12.0. The first-order valence-corrected chi connectivity index (χ1v) is 5.67. The predicted molar refractivity (Wildman–Crippen MR) is 61.5 cm³/mol. The Morgan fingerprint density at radius 2 is 2.00 bits per heavy atom. The van der Waals surface area contributed by atoms with Crippen molar-refractivity contribution in [2.24, 2.45) is 5.92 Å². The van der Waals surface area contributed by atoms with Gasteiger partial charge < -0.3 is 4.74 Å². The Labute approximate surface area is 92.0 Å². The fraction of sp³-hybridized carbons (Fsp3) is 0.615. The van der Waals surface area contributed by atoms with Crippen molar-refractivity contribution in [3.63, 3.8) is 0 Å². The SMILES string of the molecule is CC(C)=CCOC(=O)/C=C\C1CCCC1. The monoisotopic (exact) mass is 208 g/mol. The quantitative estimate of drug-likeness (QED) is 0.403. The minimum Gasteiger partial charge on any atom is -0.458 e. The van der Waals surface area contributed by atoms with Gasteiger partial charge in [0.25, 0.3) is 0 Å². The molecule has 0 saturated heterocycles. The molecule has 2 nitrogen and oxygen atoms in total. The van der Waals surface area contributed by atoms with Crippen LogP contribution in [0, 0.1) is 5.92 Å². The van der Waals surface area contributed by atoms with Gasteiger partial charge in [-0.2, -0.15) is 0 Å². The van der Waals surface area contributed by atoms with Crippen molar-refractivity contribution in [3.8, 4) is 0 Å². The molecule has 0 heterocycles. The van der Waals surface area contributed by atoms with E-state index in [1.54, 1.807) is 6.08 Å². The van der Waals surface area contributed by atoms with Crippen LogP contribution in [0.4, 0.5) is 0 Å². The zero-order chi connectivity index (χ0) is 11.1. The standard InChI is InChI=1S/C13H20O2/c1-11(2)9-10-15-13(14)8-7-12-5-3-4-6-12/h7-9,12H,3-6,10H2,1-2H3/b8-7-. The zero-order valence-corrected chi connectivity index (χ0v) is 9.66. The molecule has 0 unspecified atom stereocenters. The Hall–Kier alpha value is -1.05. The molecule has 1 aliphatic rings. The van der Waals surface area contributed by atoms with E-state index in [0.717, 1.165) is 0 Å². The van der Waals surface area contributed by atoms with Crippen molar-refractivity contribution in [2.75, 3.05) is 6.61 Å². The average molecular weight is 208 g/mol. The van der Waals surface area contributed by atoms with E-state index in [1.807, 2.05) is 26.0 Å². The number of carbonyl (C=O) groups excluding carboxylic acids is 1. The summed E-state index contributed by atoms with van der Waals surface area (Å²) in [6.07, 6.45) is 10.5. The van der Waals surface area contributed by atoms with Crippen molar-refractivity contribution in [3.05, 3.63) is 23.8 Å². The van der Waals surface area contributed by atoms with Crippen LogP contribution in [0.2, 0.25) is 0 Å². The van der Waals surface area contributed by atoms with Crippen LogP contribution in [0.15, 0.2) is 23.8 Å². The van der Waals surface area contributed by atoms with Gasteiger partial charge in [-0.3, -0.25) is 0 Å². The molecule has 0 spiro atoms. The van der Waals surface area contributed by atoms with Gasteiger partial charge in [0, 0.05) is 6.08 Å². The molecule has 1 rings (SSSR count). The summed E-state index contributed by atoms with van der Waals surface area (Å²) in [5.41, 5.74) is 1.17. The molecule has 2 heteroatoms. The molecule has 0 aromatic rings. The lowest BCUT2D eigenvalue weighted by molar-refractivity contribution is -0.136. The van der Waals surface area contributed by atoms with Crippen LogP contribution in [0.5, 0.6) is 0 Å². The minimum atomic E-state index is -0.223. The van der Waals surface area contributed by atoms with E-state index in [9.17, 15) is 4.79 Å². The van der Waals surface area contributed by atoms with E-state index < -0.39 is 0 Å². The Morgan fingerprint density at radius 1 is 1.33 bits per heavy atom. The van der Waals surface area contributed by atoms with Gasteiger partial charge in [0.2, 0.25) is 0 Å². The first-order valence-electron chi connectivity index (χ1n) is 5.67. The normalized spacial score (nSPS) is 16.9. The molecule has 0 aromatic carbocycles. The van der Waals surface area contributed by atoms with Crippen LogP contribution in [-0.4, -0.2) is 12.6 Å². The van der Waals surface area contributed by atoms with E-state index in [4.69, 9.17) is 4.74 Å². The Balaban J connectivity index is 2.20. The fourth-order valence-electron chi connectivity index (χ4n) is 1.70. The second kappa shape index (κ2) is 6.44. The summed E-state index contributed by atoms with van der Waals surface area (Å²) >= 11 is 0. The van der Waals surface area contributed by atoms with Crippen molar-refractivity contribution in [1.29, 1.82) is 0 Å². The third kappa shape index (κ3) is 5.40. The van der Waals surface area contributed by atoms with Crippen molar-refractivity contribution in [1.82, 2.24) is 0 Å². The molecule has 0 radical (unpaired) electrons. The molecule has 0 aliphatic heterocycles. The van der Waals surface area contributed by atoms with Crippen LogP contribution >= 0.6 is 0 Å². The van der Waals surface area contributed by atoms with Crippen molar-refractivity contribution < 1.29 is 9.53 Å². The van der Waals surface area contributed by atoms with Gasteiger partial charge in [-0.25, -0.2) is 4.79 Å². The highest BCUT2D eigenvalue weighted by atomic mass is 16.5. The predicted octanol–water partition coefficient (Wildman–Crippen LogP) is 3.24. The number of carbonyl (C=O) groups is 1. The number of hydrogen-bond donors (Lipinski definition) is 0. The fourth-order valence-corrected chi connectivity index (χ4v) is 1.70. The van der Waals surface area contributed by atoms with E-state index >= 15 is 0 Å². The average Bonchev–Trinajstić information content (AvgIpc) is 2.66. The lowest BCUT2D eigenvalue weighted by Gasteiger charge is -2.00. The van der Waals surface area contributed by atoms with Crippen LogP contribution in [0.25, 0.3) is 0 Å². The molecular weight excluding hydrogens is 188 g/mol. The number of esters is 1. The second-order valence-electron chi connectivity index (χ2n) is 4.32. The Morgan fingerprint density at radius 3 is 2.60 bits per heavy atom. The van der Waals surface area contributed by atoms with E-state index in [-0.39, 0.29) is 5.97 Å². The zero-order valence-electron chi connectivity index (χ0n) is 9.66. The molecule has 84 valence electrons. The molecule has 1 aliphatic carbocycles. The molecule has 15 heavy (non-hydrogen) atoms. The van der Waals surface area contributed by atoms with E-state index in [1.165, 1.54) is 31.3 Å². The van der Waals surface area contributed by atoms with Crippen LogP contribution in [0.1, 0.15) is 39.5 Å².